The monoisotopic (exact) mass is 473 g/mol. The highest BCUT2D eigenvalue weighted by Gasteiger charge is 2.12. The van der Waals surface area contributed by atoms with E-state index in [2.05, 4.69) is 23.2 Å². The minimum absolute atomic E-state index is 0.439. The van der Waals surface area contributed by atoms with Crippen molar-refractivity contribution in [1.29, 1.82) is 0 Å². The van der Waals surface area contributed by atoms with Crippen molar-refractivity contribution in [2.24, 2.45) is 0 Å². The lowest BCUT2D eigenvalue weighted by molar-refractivity contribution is 0.417. The van der Waals surface area contributed by atoms with Crippen LogP contribution in [-0.2, 0) is 10.0 Å². The molecule has 3 aromatic carbocycles. The Kier molecular flexibility index (Phi) is 8.05. The summed E-state index contributed by atoms with van der Waals surface area (Å²) in [5.41, 5.74) is 3.86. The summed E-state index contributed by atoms with van der Waals surface area (Å²) in [6.45, 7) is 6.93. The molecule has 1 heterocycles. The fourth-order valence-corrected chi connectivity index (χ4v) is 3.89. The van der Waals surface area contributed by atoms with Crippen LogP contribution in [0.3, 0.4) is 0 Å². The van der Waals surface area contributed by atoms with E-state index >= 15 is 0 Å². The van der Waals surface area contributed by atoms with E-state index in [1.807, 2.05) is 60.7 Å². The maximum Gasteiger partial charge on any atom is 0.229 e. The first kappa shape index (κ1) is 24.5. The van der Waals surface area contributed by atoms with Crippen LogP contribution in [0, 0.1) is 0 Å². The van der Waals surface area contributed by atoms with Gasteiger partial charge in [-0.25, -0.2) is 13.4 Å². The topological polar surface area (TPSA) is 80.3 Å². The average Bonchev–Trinajstić information content (AvgIpc) is 2.82. The molecule has 6 nitrogen and oxygen atoms in total. The van der Waals surface area contributed by atoms with Gasteiger partial charge in [0.25, 0.3) is 0 Å². The molecule has 0 spiro atoms. The highest BCUT2D eigenvalue weighted by molar-refractivity contribution is 7.92. The second-order valence-corrected chi connectivity index (χ2v) is 9.04. The highest BCUT2D eigenvalue weighted by Crippen LogP contribution is 2.37. The van der Waals surface area contributed by atoms with Gasteiger partial charge in [-0.3, -0.25) is 4.72 Å². The number of nitrogens with zero attached hydrogens (tertiary/aromatic N) is 1. The Hall–Kier alpha value is -4.10. The van der Waals surface area contributed by atoms with Crippen molar-refractivity contribution in [3.63, 3.8) is 0 Å². The van der Waals surface area contributed by atoms with E-state index in [-0.39, 0.29) is 0 Å². The minimum atomic E-state index is -3.37. The van der Waals surface area contributed by atoms with E-state index in [1.54, 1.807) is 37.5 Å². The number of pyridine rings is 1. The number of nitrogens with one attached hydrogen (secondary N) is 2. The van der Waals surface area contributed by atoms with Gasteiger partial charge in [0, 0.05) is 16.8 Å². The van der Waals surface area contributed by atoms with Gasteiger partial charge in [-0.1, -0.05) is 73.9 Å². The summed E-state index contributed by atoms with van der Waals surface area (Å²) in [4.78, 5) is 4.73. The van der Waals surface area contributed by atoms with E-state index < -0.39 is 10.0 Å². The molecule has 0 amide bonds. The molecule has 0 bridgehead atoms. The molecular weight excluding hydrogens is 446 g/mol. The van der Waals surface area contributed by atoms with Gasteiger partial charge in [0.15, 0.2) is 0 Å². The molecule has 0 aliphatic heterocycles. The first-order valence-electron chi connectivity index (χ1n) is 10.5. The Morgan fingerprint density at radius 1 is 0.882 bits per heavy atom. The van der Waals surface area contributed by atoms with E-state index in [9.17, 15) is 8.42 Å². The van der Waals surface area contributed by atoms with Gasteiger partial charge in [0.05, 0.1) is 41.5 Å². The predicted octanol–water partition coefficient (Wildman–Crippen LogP) is 6.43. The number of rotatable bonds is 7. The lowest BCUT2D eigenvalue weighted by Gasteiger charge is -2.16. The molecule has 0 unspecified atom stereocenters. The first-order chi connectivity index (χ1) is 16.4. The lowest BCUT2D eigenvalue weighted by Crippen LogP contribution is -2.09. The van der Waals surface area contributed by atoms with Crippen LogP contribution in [0.1, 0.15) is 0 Å². The minimum Gasteiger partial charge on any atom is -0.494 e. The summed E-state index contributed by atoms with van der Waals surface area (Å²) in [6.07, 6.45) is 8.18. The number of methoxy groups -OCH3 is 1. The number of ether oxygens (including phenoxy) is 1. The Morgan fingerprint density at radius 3 is 1.94 bits per heavy atom. The molecule has 0 radical (unpaired) electrons. The molecule has 0 atom stereocenters. The van der Waals surface area contributed by atoms with Crippen molar-refractivity contribution in [3.05, 3.63) is 104 Å². The zero-order chi connectivity index (χ0) is 24.6. The van der Waals surface area contributed by atoms with Crippen molar-refractivity contribution in [3.8, 4) is 5.75 Å². The maximum atomic E-state index is 11.5. The molecule has 4 rings (SSSR count). The molecule has 174 valence electrons. The SMILES string of the molecule is C=C/C=C\C=C.COc1cc(NS(C)(=O)=O)ccc1Nc1c2ccccc2nc2ccccc12. The number of anilines is 3. The summed E-state index contributed by atoms with van der Waals surface area (Å²) < 4.78 is 30.9. The van der Waals surface area contributed by atoms with Gasteiger partial charge in [-0.15, -0.1) is 0 Å². The normalized spacial score (nSPS) is 11.0. The van der Waals surface area contributed by atoms with Crippen molar-refractivity contribution >= 4 is 48.9 Å². The van der Waals surface area contributed by atoms with Crippen LogP contribution in [0.25, 0.3) is 21.8 Å². The van der Waals surface area contributed by atoms with Crippen molar-refractivity contribution in [2.75, 3.05) is 23.4 Å². The van der Waals surface area contributed by atoms with Crippen LogP contribution in [-0.4, -0.2) is 26.8 Å². The molecule has 2 N–H and O–H groups in total. The van der Waals surface area contributed by atoms with Gasteiger partial charge < -0.3 is 10.1 Å². The molecule has 0 fully saturated rings. The standard InChI is InChI=1S/C21H19N3O3S.C6H8/c1-27-20-13-14(24-28(2,25)26)11-12-19(20)23-21-15-7-3-5-9-17(15)22-18-10-6-4-8-16(18)21;1-3-5-6-4-2/h3-13,24H,1-2H3,(H,22,23);3-6H,1-2H2/b;6-5-. The van der Waals surface area contributed by atoms with Gasteiger partial charge >= 0.3 is 0 Å². The fraction of sp³-hybridized carbons (Fsp3) is 0.0741. The third-order valence-corrected chi connectivity index (χ3v) is 5.34. The summed E-state index contributed by atoms with van der Waals surface area (Å²) in [7, 11) is -1.82. The van der Waals surface area contributed by atoms with Crippen LogP contribution >= 0.6 is 0 Å². The summed E-state index contributed by atoms with van der Waals surface area (Å²) in [5.74, 6) is 0.527. The molecular formula is C27H27N3O3S. The van der Waals surface area contributed by atoms with E-state index in [1.165, 1.54) is 0 Å². The molecule has 0 saturated heterocycles. The summed E-state index contributed by atoms with van der Waals surface area (Å²) >= 11 is 0. The summed E-state index contributed by atoms with van der Waals surface area (Å²) in [6, 6.07) is 21.0. The molecule has 0 saturated carbocycles. The summed E-state index contributed by atoms with van der Waals surface area (Å²) in [5, 5.41) is 5.43. The van der Waals surface area contributed by atoms with Crippen LogP contribution in [0.2, 0.25) is 0 Å². The largest absolute Gasteiger partial charge is 0.494 e. The van der Waals surface area contributed by atoms with Gasteiger partial charge in [-0.2, -0.15) is 0 Å². The predicted molar refractivity (Wildman–Crippen MR) is 144 cm³/mol. The number of allylic oxidation sites excluding steroid dienone is 4. The van der Waals surface area contributed by atoms with E-state index in [4.69, 9.17) is 9.72 Å². The number of benzene rings is 3. The zero-order valence-electron chi connectivity index (χ0n) is 19.2. The number of sulfonamides is 1. The third-order valence-electron chi connectivity index (χ3n) is 4.74. The Balaban J connectivity index is 0.000000481. The van der Waals surface area contributed by atoms with Crippen molar-refractivity contribution in [1.82, 2.24) is 4.98 Å². The molecule has 0 aliphatic rings. The maximum absolute atomic E-state index is 11.5. The van der Waals surface area contributed by atoms with Gasteiger partial charge in [0.2, 0.25) is 10.0 Å². The van der Waals surface area contributed by atoms with E-state index in [0.717, 1.165) is 39.4 Å². The number of hydrogen-bond acceptors (Lipinski definition) is 5. The first-order valence-corrected chi connectivity index (χ1v) is 12.4. The zero-order valence-corrected chi connectivity index (χ0v) is 20.0. The van der Waals surface area contributed by atoms with Crippen LogP contribution in [0.15, 0.2) is 104 Å². The van der Waals surface area contributed by atoms with Gasteiger partial charge in [0.1, 0.15) is 5.75 Å². The number of fused-ring (bicyclic) bond motifs is 2. The number of hydrogen-bond donors (Lipinski definition) is 2. The van der Waals surface area contributed by atoms with Crippen molar-refractivity contribution < 1.29 is 13.2 Å². The lowest BCUT2D eigenvalue weighted by atomic mass is 10.1. The van der Waals surface area contributed by atoms with Crippen LogP contribution < -0.4 is 14.8 Å². The molecule has 0 aliphatic carbocycles. The average molecular weight is 474 g/mol. The second kappa shape index (κ2) is 11.2. The third kappa shape index (κ3) is 6.24. The van der Waals surface area contributed by atoms with Crippen LogP contribution in [0.5, 0.6) is 5.75 Å². The molecule has 1 aromatic heterocycles. The molecule has 34 heavy (non-hydrogen) atoms. The number of aromatic nitrogens is 1. The quantitative estimate of drug-likeness (QED) is 0.239. The highest BCUT2D eigenvalue weighted by atomic mass is 32.2. The van der Waals surface area contributed by atoms with Gasteiger partial charge in [-0.05, 0) is 24.3 Å². The molecule has 4 aromatic rings. The molecule has 7 heteroatoms. The van der Waals surface area contributed by atoms with E-state index in [0.29, 0.717) is 11.4 Å². The fourth-order valence-electron chi connectivity index (χ4n) is 3.34. The smallest absolute Gasteiger partial charge is 0.229 e. The second-order valence-electron chi connectivity index (χ2n) is 7.29. The Bertz CT molecular complexity index is 1400. The number of para-hydroxylation sites is 2. The van der Waals surface area contributed by atoms with Crippen LogP contribution in [0.4, 0.5) is 17.1 Å². The van der Waals surface area contributed by atoms with Crippen molar-refractivity contribution in [2.45, 2.75) is 0 Å². The Morgan fingerprint density at radius 2 is 1.44 bits per heavy atom. The Labute approximate surface area is 200 Å².